The fraction of sp³-hybridized carbons (Fsp3) is 0. The third-order valence-corrected chi connectivity index (χ3v) is 3.31. The molecule has 0 fully saturated rings. The average molecular weight is 337 g/mol. The first kappa shape index (κ1) is 14.2. The van der Waals surface area contributed by atoms with Crippen LogP contribution in [0.2, 0.25) is 0 Å². The van der Waals surface area contributed by atoms with Crippen LogP contribution in [0.5, 0.6) is 0 Å². The van der Waals surface area contributed by atoms with E-state index in [-0.39, 0.29) is 16.8 Å². The van der Waals surface area contributed by atoms with Crippen LogP contribution in [0.15, 0.2) is 46.9 Å². The molecule has 2 rings (SSSR count). The van der Waals surface area contributed by atoms with E-state index in [2.05, 4.69) is 21.2 Å². The van der Waals surface area contributed by atoms with Crippen LogP contribution in [-0.4, -0.2) is 11.8 Å². The van der Waals surface area contributed by atoms with Crippen molar-refractivity contribution < 1.29 is 14.0 Å². The highest BCUT2D eigenvalue weighted by Gasteiger charge is 2.14. The molecular weight excluding hydrogens is 327 g/mol. The lowest BCUT2D eigenvalue weighted by atomic mass is 10.1. The quantitative estimate of drug-likeness (QED) is 0.904. The Morgan fingerprint density at radius 1 is 1.10 bits per heavy atom. The molecule has 0 unspecified atom stereocenters. The number of amides is 2. The molecule has 2 amide bonds. The molecule has 0 bridgehead atoms. The van der Waals surface area contributed by atoms with E-state index in [1.54, 1.807) is 18.2 Å². The molecule has 0 heterocycles. The topological polar surface area (TPSA) is 72.2 Å². The van der Waals surface area contributed by atoms with E-state index in [4.69, 9.17) is 5.73 Å². The zero-order chi connectivity index (χ0) is 14.7. The van der Waals surface area contributed by atoms with E-state index in [9.17, 15) is 14.0 Å². The molecule has 0 spiro atoms. The minimum atomic E-state index is -0.654. The number of rotatable bonds is 3. The minimum absolute atomic E-state index is 0.129. The van der Waals surface area contributed by atoms with E-state index in [1.165, 1.54) is 18.2 Å². The number of nitrogens with two attached hydrogens (primary N) is 1. The van der Waals surface area contributed by atoms with Gasteiger partial charge in [-0.05, 0) is 46.3 Å². The number of hydrogen-bond donors (Lipinski definition) is 2. The Hall–Kier alpha value is -2.21. The highest BCUT2D eigenvalue weighted by Crippen LogP contribution is 2.21. The van der Waals surface area contributed by atoms with Crippen molar-refractivity contribution in [2.45, 2.75) is 0 Å². The fourth-order valence-electron chi connectivity index (χ4n) is 1.67. The summed E-state index contributed by atoms with van der Waals surface area (Å²) < 4.78 is 13.6. The maximum absolute atomic E-state index is 13.2. The van der Waals surface area contributed by atoms with Gasteiger partial charge >= 0.3 is 0 Å². The highest BCUT2D eigenvalue weighted by atomic mass is 79.9. The molecular formula is C14H10BrFN2O2. The van der Waals surface area contributed by atoms with Gasteiger partial charge in [0.05, 0.1) is 16.8 Å². The molecule has 20 heavy (non-hydrogen) atoms. The van der Waals surface area contributed by atoms with Crippen molar-refractivity contribution >= 4 is 33.4 Å². The van der Waals surface area contributed by atoms with Gasteiger partial charge < -0.3 is 11.1 Å². The Kier molecular flexibility index (Phi) is 4.14. The highest BCUT2D eigenvalue weighted by molar-refractivity contribution is 9.10. The molecule has 0 saturated heterocycles. The standard InChI is InChI=1S/C14H10BrFN2O2/c15-11-6-5-8(16)7-10(11)14(20)18-12-4-2-1-3-9(12)13(17)19/h1-7H,(H2,17,19)(H,18,20). The van der Waals surface area contributed by atoms with E-state index >= 15 is 0 Å². The van der Waals surface area contributed by atoms with Crippen LogP contribution in [0.1, 0.15) is 20.7 Å². The molecule has 6 heteroatoms. The van der Waals surface area contributed by atoms with Crippen LogP contribution in [-0.2, 0) is 0 Å². The summed E-state index contributed by atoms with van der Waals surface area (Å²) in [7, 11) is 0. The normalized spacial score (nSPS) is 10.1. The summed E-state index contributed by atoms with van der Waals surface area (Å²) in [4.78, 5) is 23.4. The van der Waals surface area contributed by atoms with Gasteiger partial charge in [-0.1, -0.05) is 12.1 Å². The zero-order valence-electron chi connectivity index (χ0n) is 10.2. The SMILES string of the molecule is NC(=O)c1ccccc1NC(=O)c1cc(F)ccc1Br. The van der Waals surface area contributed by atoms with Crippen molar-refractivity contribution in [2.75, 3.05) is 5.32 Å². The van der Waals surface area contributed by atoms with Crippen LogP contribution >= 0.6 is 15.9 Å². The number of benzene rings is 2. The van der Waals surface area contributed by atoms with Crippen molar-refractivity contribution in [1.29, 1.82) is 0 Å². The summed E-state index contributed by atoms with van der Waals surface area (Å²) in [6, 6.07) is 10.1. The molecule has 0 aliphatic heterocycles. The van der Waals surface area contributed by atoms with Gasteiger partial charge in [0.1, 0.15) is 5.82 Å². The van der Waals surface area contributed by atoms with E-state index in [0.29, 0.717) is 4.47 Å². The lowest BCUT2D eigenvalue weighted by molar-refractivity contribution is 0.100. The number of carbonyl (C=O) groups is 2. The van der Waals surface area contributed by atoms with Gasteiger partial charge in [-0.3, -0.25) is 9.59 Å². The predicted molar refractivity (Wildman–Crippen MR) is 77.0 cm³/mol. The van der Waals surface area contributed by atoms with Gasteiger partial charge in [0.2, 0.25) is 0 Å². The zero-order valence-corrected chi connectivity index (χ0v) is 11.8. The van der Waals surface area contributed by atoms with Crippen LogP contribution in [0.25, 0.3) is 0 Å². The summed E-state index contributed by atoms with van der Waals surface area (Å²) in [6.07, 6.45) is 0. The Morgan fingerprint density at radius 3 is 2.50 bits per heavy atom. The molecule has 0 atom stereocenters. The fourth-order valence-corrected chi connectivity index (χ4v) is 2.09. The largest absolute Gasteiger partial charge is 0.366 e. The molecule has 0 aliphatic rings. The molecule has 2 aromatic carbocycles. The van der Waals surface area contributed by atoms with Crippen molar-refractivity contribution in [1.82, 2.24) is 0 Å². The second kappa shape index (κ2) is 5.83. The molecule has 0 radical (unpaired) electrons. The third kappa shape index (κ3) is 3.03. The van der Waals surface area contributed by atoms with Crippen LogP contribution in [0.4, 0.5) is 10.1 Å². The summed E-state index contributed by atoms with van der Waals surface area (Å²) in [5.41, 5.74) is 5.82. The van der Waals surface area contributed by atoms with Crippen molar-refractivity contribution in [3.63, 3.8) is 0 Å². The summed E-state index contributed by atoms with van der Waals surface area (Å²) in [5, 5.41) is 2.54. The molecule has 0 aliphatic carbocycles. The lowest BCUT2D eigenvalue weighted by Crippen LogP contribution is -2.18. The van der Waals surface area contributed by atoms with Gasteiger partial charge in [-0.25, -0.2) is 4.39 Å². The second-order valence-corrected chi connectivity index (χ2v) is 4.84. The molecule has 2 aromatic rings. The third-order valence-electron chi connectivity index (χ3n) is 2.61. The number of hydrogen-bond acceptors (Lipinski definition) is 2. The van der Waals surface area contributed by atoms with E-state index < -0.39 is 17.6 Å². The monoisotopic (exact) mass is 336 g/mol. The van der Waals surface area contributed by atoms with Gasteiger partial charge in [-0.15, -0.1) is 0 Å². The number of anilines is 1. The van der Waals surface area contributed by atoms with E-state index in [1.807, 2.05) is 0 Å². The van der Waals surface area contributed by atoms with E-state index in [0.717, 1.165) is 6.07 Å². The number of nitrogens with one attached hydrogen (secondary N) is 1. The maximum atomic E-state index is 13.2. The molecule has 0 aromatic heterocycles. The molecule has 102 valence electrons. The van der Waals surface area contributed by atoms with Crippen molar-refractivity contribution in [3.8, 4) is 0 Å². The Balaban J connectivity index is 2.33. The Morgan fingerprint density at radius 2 is 1.80 bits per heavy atom. The summed E-state index contributed by atoms with van der Waals surface area (Å²) in [6.45, 7) is 0. The smallest absolute Gasteiger partial charge is 0.256 e. The maximum Gasteiger partial charge on any atom is 0.256 e. The Labute approximate surface area is 122 Å². The summed E-state index contributed by atoms with van der Waals surface area (Å²) >= 11 is 3.17. The first-order valence-electron chi connectivity index (χ1n) is 5.64. The predicted octanol–water partition coefficient (Wildman–Crippen LogP) is 2.94. The number of primary amides is 1. The first-order valence-corrected chi connectivity index (χ1v) is 6.43. The van der Waals surface area contributed by atoms with Crippen LogP contribution in [0, 0.1) is 5.82 Å². The van der Waals surface area contributed by atoms with Crippen molar-refractivity contribution in [3.05, 3.63) is 63.9 Å². The van der Waals surface area contributed by atoms with Crippen molar-refractivity contribution in [2.24, 2.45) is 5.73 Å². The molecule has 3 N–H and O–H groups in total. The van der Waals surface area contributed by atoms with Gasteiger partial charge in [0.25, 0.3) is 11.8 Å². The van der Waals surface area contributed by atoms with Crippen LogP contribution in [0.3, 0.4) is 0 Å². The average Bonchev–Trinajstić information content (AvgIpc) is 2.41. The number of para-hydroxylation sites is 1. The summed E-state index contributed by atoms with van der Waals surface area (Å²) in [5.74, 6) is -1.72. The minimum Gasteiger partial charge on any atom is -0.366 e. The van der Waals surface area contributed by atoms with Gasteiger partial charge in [-0.2, -0.15) is 0 Å². The number of halogens is 2. The van der Waals surface area contributed by atoms with Crippen LogP contribution < -0.4 is 11.1 Å². The van der Waals surface area contributed by atoms with Gasteiger partial charge in [0.15, 0.2) is 0 Å². The second-order valence-electron chi connectivity index (χ2n) is 3.99. The first-order chi connectivity index (χ1) is 9.49. The Bertz CT molecular complexity index is 689. The molecule has 4 nitrogen and oxygen atoms in total. The molecule has 0 saturated carbocycles. The van der Waals surface area contributed by atoms with Gasteiger partial charge in [0, 0.05) is 4.47 Å². The lowest BCUT2D eigenvalue weighted by Gasteiger charge is -2.09. The number of carbonyl (C=O) groups excluding carboxylic acids is 2.